The van der Waals surface area contributed by atoms with E-state index in [9.17, 15) is 9.18 Å². The summed E-state index contributed by atoms with van der Waals surface area (Å²) in [6, 6.07) is 11.2. The summed E-state index contributed by atoms with van der Waals surface area (Å²) in [5.74, 6) is -0.310. The molecule has 4 aromatic rings. The highest BCUT2D eigenvalue weighted by Gasteiger charge is 2.11. The quantitative estimate of drug-likeness (QED) is 0.619. The Kier molecular flexibility index (Phi) is 3.01. The van der Waals surface area contributed by atoms with Gasteiger partial charge in [-0.2, -0.15) is 9.61 Å². The Labute approximate surface area is 130 Å². The van der Waals surface area contributed by atoms with Crippen LogP contribution >= 0.6 is 0 Å². The van der Waals surface area contributed by atoms with Crippen molar-refractivity contribution in [1.82, 2.24) is 19.6 Å². The zero-order valence-corrected chi connectivity index (χ0v) is 11.9. The Morgan fingerprint density at radius 3 is 2.61 bits per heavy atom. The molecule has 0 aliphatic carbocycles. The van der Waals surface area contributed by atoms with Crippen LogP contribution in [0, 0.1) is 5.82 Å². The van der Waals surface area contributed by atoms with Crippen LogP contribution in [-0.4, -0.2) is 19.6 Å². The number of nitrogens with zero attached hydrogens (tertiary/aromatic N) is 3. The topological polar surface area (TPSA) is 63.0 Å². The van der Waals surface area contributed by atoms with Gasteiger partial charge < -0.3 is 4.98 Å². The minimum atomic E-state index is -0.310. The lowest BCUT2D eigenvalue weighted by Gasteiger charge is -2.04. The SMILES string of the molecule is O=c1cc(-c2cccnc2)[nH]c2c(-c3ccc(F)cc3)cnn12. The summed E-state index contributed by atoms with van der Waals surface area (Å²) in [6.07, 6.45) is 4.94. The second-order valence-corrected chi connectivity index (χ2v) is 5.09. The highest BCUT2D eigenvalue weighted by molar-refractivity contribution is 5.78. The standard InChI is InChI=1S/C17H11FN4O/c18-13-5-3-11(4-6-13)14-10-20-22-16(23)8-15(21-17(14)22)12-2-1-7-19-9-12/h1-10,21H. The molecule has 6 heteroatoms. The van der Waals surface area contributed by atoms with Gasteiger partial charge in [0.1, 0.15) is 11.5 Å². The number of nitrogens with one attached hydrogen (secondary N) is 1. The smallest absolute Gasteiger partial charge is 0.274 e. The van der Waals surface area contributed by atoms with Crippen LogP contribution in [-0.2, 0) is 0 Å². The van der Waals surface area contributed by atoms with Gasteiger partial charge in [-0.15, -0.1) is 0 Å². The molecule has 0 fully saturated rings. The van der Waals surface area contributed by atoms with Gasteiger partial charge in [-0.05, 0) is 29.8 Å². The first-order valence-corrected chi connectivity index (χ1v) is 7.00. The van der Waals surface area contributed by atoms with E-state index >= 15 is 0 Å². The summed E-state index contributed by atoms with van der Waals surface area (Å²) < 4.78 is 14.4. The van der Waals surface area contributed by atoms with Crippen LogP contribution in [0.1, 0.15) is 0 Å². The number of halogens is 1. The third-order valence-corrected chi connectivity index (χ3v) is 3.63. The van der Waals surface area contributed by atoms with Gasteiger partial charge >= 0.3 is 0 Å². The van der Waals surface area contributed by atoms with Crippen molar-refractivity contribution in [2.75, 3.05) is 0 Å². The fourth-order valence-electron chi connectivity index (χ4n) is 2.50. The molecule has 112 valence electrons. The Balaban J connectivity index is 1.96. The zero-order valence-electron chi connectivity index (χ0n) is 11.9. The summed E-state index contributed by atoms with van der Waals surface area (Å²) in [5, 5.41) is 4.12. The summed E-state index contributed by atoms with van der Waals surface area (Å²) in [7, 11) is 0. The van der Waals surface area contributed by atoms with Crippen LogP contribution in [0.2, 0.25) is 0 Å². The van der Waals surface area contributed by atoms with E-state index in [1.54, 1.807) is 36.8 Å². The van der Waals surface area contributed by atoms with Gasteiger partial charge in [0.05, 0.1) is 11.9 Å². The molecular formula is C17H11FN4O. The monoisotopic (exact) mass is 306 g/mol. The van der Waals surface area contributed by atoms with Crippen LogP contribution in [0.5, 0.6) is 0 Å². The Morgan fingerprint density at radius 2 is 1.87 bits per heavy atom. The molecule has 0 aliphatic heterocycles. The average molecular weight is 306 g/mol. The molecule has 1 N–H and O–H groups in total. The number of hydrogen-bond donors (Lipinski definition) is 1. The summed E-state index contributed by atoms with van der Waals surface area (Å²) >= 11 is 0. The van der Waals surface area contributed by atoms with Crippen molar-refractivity contribution in [1.29, 1.82) is 0 Å². The molecule has 0 bridgehead atoms. The van der Waals surface area contributed by atoms with E-state index in [0.29, 0.717) is 11.3 Å². The molecule has 0 saturated heterocycles. The average Bonchev–Trinajstić information content (AvgIpc) is 3.01. The van der Waals surface area contributed by atoms with Crippen LogP contribution in [0.4, 0.5) is 4.39 Å². The lowest BCUT2D eigenvalue weighted by Crippen LogP contribution is -2.14. The molecule has 1 aromatic carbocycles. The van der Waals surface area contributed by atoms with Crippen molar-refractivity contribution in [3.63, 3.8) is 0 Å². The minimum Gasteiger partial charge on any atom is -0.339 e. The maximum Gasteiger partial charge on any atom is 0.274 e. The molecular weight excluding hydrogens is 295 g/mol. The number of rotatable bonds is 2. The van der Waals surface area contributed by atoms with Gasteiger partial charge in [-0.25, -0.2) is 4.39 Å². The lowest BCUT2D eigenvalue weighted by atomic mass is 10.1. The summed E-state index contributed by atoms with van der Waals surface area (Å²) in [5.41, 5.74) is 3.28. The highest BCUT2D eigenvalue weighted by atomic mass is 19.1. The molecule has 0 unspecified atom stereocenters. The number of benzene rings is 1. The minimum absolute atomic E-state index is 0.244. The van der Waals surface area contributed by atoms with E-state index in [0.717, 1.165) is 16.7 Å². The van der Waals surface area contributed by atoms with Crippen molar-refractivity contribution in [3.05, 3.63) is 77.2 Å². The van der Waals surface area contributed by atoms with Crippen LogP contribution in [0.3, 0.4) is 0 Å². The van der Waals surface area contributed by atoms with E-state index in [1.165, 1.54) is 22.7 Å². The molecule has 0 amide bonds. The van der Waals surface area contributed by atoms with Crippen molar-refractivity contribution in [3.8, 4) is 22.4 Å². The fraction of sp³-hybridized carbons (Fsp3) is 0. The number of aromatic nitrogens is 4. The fourth-order valence-corrected chi connectivity index (χ4v) is 2.50. The van der Waals surface area contributed by atoms with Gasteiger partial charge in [-0.1, -0.05) is 12.1 Å². The Bertz CT molecular complexity index is 1040. The molecule has 3 heterocycles. The zero-order chi connectivity index (χ0) is 15.8. The number of H-pyrrole nitrogens is 1. The number of fused-ring (bicyclic) bond motifs is 1. The molecule has 0 aliphatic rings. The maximum absolute atomic E-state index is 13.1. The first-order valence-electron chi connectivity index (χ1n) is 7.00. The van der Waals surface area contributed by atoms with Gasteiger partial charge in [0.15, 0.2) is 0 Å². The van der Waals surface area contributed by atoms with Crippen molar-refractivity contribution < 1.29 is 4.39 Å². The third-order valence-electron chi connectivity index (χ3n) is 3.63. The van der Waals surface area contributed by atoms with Gasteiger partial charge in [0.2, 0.25) is 0 Å². The van der Waals surface area contributed by atoms with E-state index < -0.39 is 0 Å². The number of pyridine rings is 1. The molecule has 0 radical (unpaired) electrons. The van der Waals surface area contributed by atoms with E-state index in [1.807, 2.05) is 6.07 Å². The second kappa shape index (κ2) is 5.17. The molecule has 4 rings (SSSR count). The molecule has 5 nitrogen and oxygen atoms in total. The van der Waals surface area contributed by atoms with Crippen molar-refractivity contribution >= 4 is 5.65 Å². The van der Waals surface area contributed by atoms with Gasteiger partial charge in [-0.3, -0.25) is 9.78 Å². The predicted octanol–water partition coefficient (Wildman–Crippen LogP) is 2.89. The van der Waals surface area contributed by atoms with Crippen LogP contribution < -0.4 is 5.56 Å². The van der Waals surface area contributed by atoms with Crippen LogP contribution in [0.15, 0.2) is 65.8 Å². The highest BCUT2D eigenvalue weighted by Crippen LogP contribution is 2.24. The van der Waals surface area contributed by atoms with Crippen LogP contribution in [0.25, 0.3) is 28.0 Å². The molecule has 0 spiro atoms. The van der Waals surface area contributed by atoms with E-state index in [2.05, 4.69) is 15.1 Å². The Hall–Kier alpha value is -3.28. The lowest BCUT2D eigenvalue weighted by molar-refractivity contribution is 0.628. The summed E-state index contributed by atoms with van der Waals surface area (Å²) in [4.78, 5) is 19.5. The molecule has 23 heavy (non-hydrogen) atoms. The first kappa shape index (κ1) is 13.4. The molecule has 0 atom stereocenters. The largest absolute Gasteiger partial charge is 0.339 e. The molecule has 3 aromatic heterocycles. The predicted molar refractivity (Wildman–Crippen MR) is 84.4 cm³/mol. The first-order chi connectivity index (χ1) is 11.2. The van der Waals surface area contributed by atoms with E-state index in [-0.39, 0.29) is 11.4 Å². The molecule has 0 saturated carbocycles. The van der Waals surface area contributed by atoms with Gasteiger partial charge in [0, 0.05) is 29.6 Å². The third kappa shape index (κ3) is 2.30. The van der Waals surface area contributed by atoms with Gasteiger partial charge in [0.25, 0.3) is 5.56 Å². The second-order valence-electron chi connectivity index (χ2n) is 5.09. The number of hydrogen-bond acceptors (Lipinski definition) is 3. The van der Waals surface area contributed by atoms with Crippen molar-refractivity contribution in [2.24, 2.45) is 0 Å². The number of aromatic amines is 1. The Morgan fingerprint density at radius 1 is 1.04 bits per heavy atom. The maximum atomic E-state index is 13.1. The normalized spacial score (nSPS) is 11.0. The summed E-state index contributed by atoms with van der Waals surface area (Å²) in [6.45, 7) is 0. The van der Waals surface area contributed by atoms with Crippen molar-refractivity contribution in [2.45, 2.75) is 0 Å². The van der Waals surface area contributed by atoms with E-state index in [4.69, 9.17) is 0 Å².